The van der Waals surface area contributed by atoms with Crippen LogP contribution in [-0.4, -0.2) is 10.6 Å². The van der Waals surface area contributed by atoms with E-state index in [-0.39, 0.29) is 5.66 Å². The molecule has 2 unspecified atom stereocenters. The summed E-state index contributed by atoms with van der Waals surface area (Å²) in [5.41, 5.74) is 0.0940. The van der Waals surface area contributed by atoms with Crippen LogP contribution in [0.25, 0.3) is 0 Å². The van der Waals surface area contributed by atoms with Gasteiger partial charge in [-0.3, -0.25) is 4.57 Å². The highest BCUT2D eigenvalue weighted by atomic mass is 31.1. The molecule has 0 spiro atoms. The number of hydrogen-bond donors (Lipinski definition) is 1. The summed E-state index contributed by atoms with van der Waals surface area (Å²) in [6.45, 7) is 4.28. The van der Waals surface area contributed by atoms with Gasteiger partial charge in [-0.1, -0.05) is 46.0 Å². The Hall–Kier alpha value is 0.190. The molecule has 0 aliphatic rings. The van der Waals surface area contributed by atoms with Gasteiger partial charge in [0.1, 0.15) is 0 Å². The molecule has 80 valence electrons. The zero-order chi connectivity index (χ0) is 10.1. The van der Waals surface area contributed by atoms with E-state index in [2.05, 4.69) is 13.8 Å². The topological polar surface area (TPSA) is 37.3 Å². The number of hydrogen-bond acceptors (Lipinski definition) is 1. The second-order valence-electron chi connectivity index (χ2n) is 3.67. The Morgan fingerprint density at radius 3 is 2.08 bits per heavy atom. The van der Waals surface area contributed by atoms with Crippen molar-refractivity contribution in [3.05, 3.63) is 0 Å². The predicted molar refractivity (Wildman–Crippen MR) is 58.7 cm³/mol. The molecule has 2 atom stereocenters. The van der Waals surface area contributed by atoms with E-state index in [1.165, 1.54) is 12.8 Å². The molecule has 0 fully saturated rings. The maximum absolute atomic E-state index is 11.0. The fourth-order valence-electron chi connectivity index (χ4n) is 1.48. The molecule has 2 nitrogen and oxygen atoms in total. The summed E-state index contributed by atoms with van der Waals surface area (Å²) in [5, 5.41) is 0. The first-order valence-electron chi connectivity index (χ1n) is 5.45. The largest absolute Gasteiger partial charge is 0.346 e. The molecule has 3 heteroatoms. The maximum Gasteiger partial charge on any atom is 0.192 e. The Labute approximate surface area is 82.6 Å². The minimum absolute atomic E-state index is 0.0940. The Bertz CT molecular complexity index is 137. The summed E-state index contributed by atoms with van der Waals surface area (Å²) in [6.07, 6.45) is 7.59. The summed E-state index contributed by atoms with van der Waals surface area (Å²) in [4.78, 5) is 9.08. The number of unbranched alkanes of at least 4 members (excludes halogenated alkanes) is 3. The molecule has 0 aromatic carbocycles. The van der Waals surface area contributed by atoms with Crippen LogP contribution in [0, 0.1) is 0 Å². The van der Waals surface area contributed by atoms with E-state index in [1.807, 2.05) is 0 Å². The van der Waals surface area contributed by atoms with Crippen molar-refractivity contribution in [1.29, 1.82) is 0 Å². The van der Waals surface area contributed by atoms with Gasteiger partial charge in [0, 0.05) is 5.66 Å². The summed E-state index contributed by atoms with van der Waals surface area (Å²) >= 11 is 0. The number of rotatable bonds is 8. The Kier molecular flexibility index (Phi) is 8.90. The minimum Gasteiger partial charge on any atom is -0.346 e. The molecule has 0 aliphatic carbocycles. The van der Waals surface area contributed by atoms with Crippen LogP contribution in [0.4, 0.5) is 0 Å². The summed E-state index contributed by atoms with van der Waals surface area (Å²) in [6, 6.07) is 0. The lowest BCUT2D eigenvalue weighted by Crippen LogP contribution is -2.02. The van der Waals surface area contributed by atoms with E-state index in [1.54, 1.807) is 0 Å². The molecule has 0 heterocycles. The quantitative estimate of drug-likeness (QED) is 0.486. The van der Waals surface area contributed by atoms with Gasteiger partial charge in [-0.2, -0.15) is 0 Å². The first kappa shape index (κ1) is 13.2. The van der Waals surface area contributed by atoms with Crippen LogP contribution in [0.5, 0.6) is 0 Å². The monoisotopic (exact) mass is 206 g/mol. The molecule has 0 saturated heterocycles. The molecule has 0 aromatic heterocycles. The SMILES string of the molecule is CCCCCC(CCCC)[PH](=O)O. The third kappa shape index (κ3) is 7.28. The van der Waals surface area contributed by atoms with Crippen LogP contribution in [0.1, 0.15) is 58.8 Å². The molecule has 1 N–H and O–H groups in total. The maximum atomic E-state index is 11.0. The fourth-order valence-corrected chi connectivity index (χ4v) is 2.38. The van der Waals surface area contributed by atoms with Crippen molar-refractivity contribution >= 4 is 8.03 Å². The highest BCUT2D eigenvalue weighted by Crippen LogP contribution is 2.31. The Morgan fingerprint density at radius 1 is 1.08 bits per heavy atom. The van der Waals surface area contributed by atoms with Crippen LogP contribution >= 0.6 is 8.03 Å². The van der Waals surface area contributed by atoms with Gasteiger partial charge in [0.15, 0.2) is 8.03 Å². The van der Waals surface area contributed by atoms with Gasteiger partial charge in [0.25, 0.3) is 0 Å². The molecule has 0 aliphatic heterocycles. The third-order valence-electron chi connectivity index (χ3n) is 2.41. The van der Waals surface area contributed by atoms with Crippen LogP contribution < -0.4 is 0 Å². The second kappa shape index (κ2) is 8.77. The van der Waals surface area contributed by atoms with Crippen molar-refractivity contribution in [1.82, 2.24) is 0 Å². The van der Waals surface area contributed by atoms with E-state index < -0.39 is 8.03 Å². The highest BCUT2D eigenvalue weighted by Gasteiger charge is 2.12. The first-order chi connectivity index (χ1) is 6.22. The Balaban J connectivity index is 3.61. The predicted octanol–water partition coefficient (Wildman–Crippen LogP) is 3.59. The molecule has 0 bridgehead atoms. The molecule has 0 amide bonds. The van der Waals surface area contributed by atoms with Crippen molar-refractivity contribution in [3.8, 4) is 0 Å². The van der Waals surface area contributed by atoms with E-state index >= 15 is 0 Å². The second-order valence-corrected chi connectivity index (χ2v) is 5.17. The highest BCUT2D eigenvalue weighted by molar-refractivity contribution is 7.38. The van der Waals surface area contributed by atoms with Crippen molar-refractivity contribution in [3.63, 3.8) is 0 Å². The van der Waals surface area contributed by atoms with Crippen molar-refractivity contribution in [2.45, 2.75) is 64.5 Å². The molecule has 0 rings (SSSR count). The minimum atomic E-state index is -2.28. The van der Waals surface area contributed by atoms with Gasteiger partial charge < -0.3 is 4.89 Å². The van der Waals surface area contributed by atoms with E-state index in [9.17, 15) is 4.57 Å². The van der Waals surface area contributed by atoms with Gasteiger partial charge in [-0.05, 0) is 12.8 Å². The molecule has 13 heavy (non-hydrogen) atoms. The molecule has 0 radical (unpaired) electrons. The lowest BCUT2D eigenvalue weighted by Gasteiger charge is -2.12. The van der Waals surface area contributed by atoms with Gasteiger partial charge in [0.2, 0.25) is 0 Å². The molecule has 0 saturated carbocycles. The van der Waals surface area contributed by atoms with Crippen molar-refractivity contribution in [2.75, 3.05) is 0 Å². The zero-order valence-corrected chi connectivity index (χ0v) is 9.88. The van der Waals surface area contributed by atoms with Gasteiger partial charge in [-0.15, -0.1) is 0 Å². The molecule has 0 aromatic rings. The first-order valence-corrected chi connectivity index (χ1v) is 6.88. The van der Waals surface area contributed by atoms with Gasteiger partial charge in [0.05, 0.1) is 0 Å². The van der Waals surface area contributed by atoms with E-state index in [0.717, 1.165) is 32.1 Å². The Morgan fingerprint density at radius 2 is 1.62 bits per heavy atom. The van der Waals surface area contributed by atoms with Crippen molar-refractivity contribution < 1.29 is 9.46 Å². The van der Waals surface area contributed by atoms with Crippen molar-refractivity contribution in [2.24, 2.45) is 0 Å². The normalized spacial score (nSPS) is 15.6. The van der Waals surface area contributed by atoms with Gasteiger partial charge >= 0.3 is 0 Å². The van der Waals surface area contributed by atoms with Gasteiger partial charge in [-0.25, -0.2) is 0 Å². The zero-order valence-electron chi connectivity index (χ0n) is 8.88. The van der Waals surface area contributed by atoms with Crippen LogP contribution in [0.3, 0.4) is 0 Å². The average molecular weight is 206 g/mol. The molecular formula is C10H23O2P. The van der Waals surface area contributed by atoms with Crippen LogP contribution in [-0.2, 0) is 4.57 Å². The summed E-state index contributed by atoms with van der Waals surface area (Å²) < 4.78 is 11.0. The summed E-state index contributed by atoms with van der Waals surface area (Å²) in [7, 11) is -2.28. The fraction of sp³-hybridized carbons (Fsp3) is 1.00. The standard InChI is InChI=1S/C10H23O2P/c1-3-5-7-9-10(13(11)12)8-6-4-2/h10,13H,3-9H2,1-2H3,(H,11,12). The van der Waals surface area contributed by atoms with Crippen LogP contribution in [0.15, 0.2) is 0 Å². The lowest BCUT2D eigenvalue weighted by molar-refractivity contribution is 0.467. The molecular weight excluding hydrogens is 183 g/mol. The average Bonchev–Trinajstić information content (AvgIpc) is 2.10. The third-order valence-corrected chi connectivity index (χ3v) is 3.69. The van der Waals surface area contributed by atoms with E-state index in [0.29, 0.717) is 0 Å². The van der Waals surface area contributed by atoms with Crippen LogP contribution in [0.2, 0.25) is 0 Å². The smallest absolute Gasteiger partial charge is 0.192 e. The van der Waals surface area contributed by atoms with E-state index in [4.69, 9.17) is 4.89 Å². The summed E-state index contributed by atoms with van der Waals surface area (Å²) in [5.74, 6) is 0. The lowest BCUT2D eigenvalue weighted by atomic mass is 10.1.